The number of nitrogens with one attached hydrogen (secondary N) is 1. The maximum Gasteiger partial charge on any atom is 0.205 e. The van der Waals surface area contributed by atoms with Gasteiger partial charge in [-0.3, -0.25) is 0 Å². The fourth-order valence-electron chi connectivity index (χ4n) is 4.10. The van der Waals surface area contributed by atoms with Gasteiger partial charge in [-0.05, 0) is 47.4 Å². The second-order valence-electron chi connectivity index (χ2n) is 9.54. The number of aliphatic hydroxyl groups excluding tert-OH is 1. The van der Waals surface area contributed by atoms with E-state index in [1.165, 1.54) is 11.1 Å². The van der Waals surface area contributed by atoms with E-state index < -0.39 is 11.9 Å². The fraction of sp³-hybridized carbons (Fsp3) is 0.400. The summed E-state index contributed by atoms with van der Waals surface area (Å²) >= 11 is 0. The van der Waals surface area contributed by atoms with Crippen molar-refractivity contribution in [1.29, 1.82) is 0 Å². The van der Waals surface area contributed by atoms with Crippen LogP contribution in [-0.2, 0) is 40.5 Å². The van der Waals surface area contributed by atoms with E-state index in [4.69, 9.17) is 18.9 Å². The van der Waals surface area contributed by atoms with E-state index in [0.29, 0.717) is 39.6 Å². The predicted molar refractivity (Wildman–Crippen MR) is 140 cm³/mol. The molecule has 0 aromatic heterocycles. The lowest BCUT2D eigenvalue weighted by Crippen LogP contribution is -2.35. The standard InChI is InChI=1S/C30H37NO5/c1-30(2)35-22-27-18-26(11-12-29(27)36-30)28(32)19-31-14-13-23-9-6-10-25(17-23)21-34-16-15-33-20-24-7-4-3-5-8-24/h3-12,17-18,28,31-32H,13-16,19-22H2,1-2H3/t28-/m0/s1. The Morgan fingerprint density at radius 1 is 0.889 bits per heavy atom. The van der Waals surface area contributed by atoms with Crippen LogP contribution in [0.3, 0.4) is 0 Å². The molecule has 3 aromatic carbocycles. The first-order valence-corrected chi connectivity index (χ1v) is 12.6. The van der Waals surface area contributed by atoms with Crippen LogP contribution in [0.15, 0.2) is 72.8 Å². The molecule has 0 radical (unpaired) electrons. The molecule has 192 valence electrons. The van der Waals surface area contributed by atoms with Gasteiger partial charge in [-0.25, -0.2) is 0 Å². The van der Waals surface area contributed by atoms with Crippen LogP contribution in [0.1, 0.15) is 47.8 Å². The minimum Gasteiger partial charge on any atom is -0.463 e. The van der Waals surface area contributed by atoms with Crippen molar-refractivity contribution in [3.8, 4) is 5.75 Å². The first-order valence-electron chi connectivity index (χ1n) is 12.6. The summed E-state index contributed by atoms with van der Waals surface area (Å²) in [6.07, 6.45) is 0.288. The Morgan fingerprint density at radius 2 is 1.61 bits per heavy atom. The normalized spacial score (nSPS) is 15.2. The van der Waals surface area contributed by atoms with Crippen molar-refractivity contribution in [1.82, 2.24) is 5.32 Å². The van der Waals surface area contributed by atoms with Crippen molar-refractivity contribution < 1.29 is 24.1 Å². The Hall–Kier alpha value is -2.74. The molecule has 4 rings (SSSR count). The van der Waals surface area contributed by atoms with Gasteiger partial charge >= 0.3 is 0 Å². The van der Waals surface area contributed by atoms with Crippen molar-refractivity contribution >= 4 is 0 Å². The average molecular weight is 492 g/mol. The van der Waals surface area contributed by atoms with Crippen LogP contribution in [0.5, 0.6) is 5.75 Å². The number of fused-ring (bicyclic) bond motifs is 1. The number of aliphatic hydroxyl groups is 1. The highest BCUT2D eigenvalue weighted by Gasteiger charge is 2.27. The van der Waals surface area contributed by atoms with Gasteiger partial charge in [0, 0.05) is 26.0 Å². The molecule has 0 saturated heterocycles. The van der Waals surface area contributed by atoms with E-state index in [0.717, 1.165) is 35.4 Å². The molecular weight excluding hydrogens is 454 g/mol. The monoisotopic (exact) mass is 491 g/mol. The van der Waals surface area contributed by atoms with Crippen LogP contribution in [0.2, 0.25) is 0 Å². The molecule has 1 heterocycles. The van der Waals surface area contributed by atoms with E-state index >= 15 is 0 Å². The zero-order valence-electron chi connectivity index (χ0n) is 21.2. The summed E-state index contributed by atoms with van der Waals surface area (Å²) in [5.74, 6) is 0.202. The molecule has 1 atom stereocenters. The summed E-state index contributed by atoms with van der Waals surface area (Å²) < 4.78 is 23.0. The Labute approximate surface area is 214 Å². The number of hydrogen-bond acceptors (Lipinski definition) is 6. The van der Waals surface area contributed by atoms with Gasteiger partial charge < -0.3 is 29.4 Å². The second-order valence-corrected chi connectivity index (χ2v) is 9.54. The summed E-state index contributed by atoms with van der Waals surface area (Å²) in [5.41, 5.74) is 5.39. The number of rotatable bonds is 13. The molecule has 2 N–H and O–H groups in total. The van der Waals surface area contributed by atoms with E-state index in [2.05, 4.69) is 41.7 Å². The van der Waals surface area contributed by atoms with Gasteiger partial charge in [-0.15, -0.1) is 0 Å². The minimum atomic E-state index is -0.616. The highest BCUT2D eigenvalue weighted by atomic mass is 16.7. The summed E-state index contributed by atoms with van der Waals surface area (Å²) in [4.78, 5) is 0. The van der Waals surface area contributed by atoms with E-state index in [9.17, 15) is 5.11 Å². The van der Waals surface area contributed by atoms with Gasteiger partial charge in [0.25, 0.3) is 0 Å². The van der Waals surface area contributed by atoms with E-state index in [1.54, 1.807) is 0 Å². The van der Waals surface area contributed by atoms with Gasteiger partial charge in [-0.2, -0.15) is 0 Å². The molecule has 6 nitrogen and oxygen atoms in total. The third-order valence-corrected chi connectivity index (χ3v) is 6.07. The zero-order valence-corrected chi connectivity index (χ0v) is 21.2. The molecule has 0 aliphatic carbocycles. The highest BCUT2D eigenvalue weighted by molar-refractivity contribution is 5.39. The topological polar surface area (TPSA) is 69.2 Å². The number of ether oxygens (including phenoxy) is 4. The molecule has 6 heteroatoms. The van der Waals surface area contributed by atoms with Crippen molar-refractivity contribution in [3.63, 3.8) is 0 Å². The molecule has 1 aliphatic rings. The van der Waals surface area contributed by atoms with E-state index in [1.807, 2.05) is 50.2 Å². The van der Waals surface area contributed by atoms with Gasteiger partial charge in [0.2, 0.25) is 5.79 Å². The van der Waals surface area contributed by atoms with Gasteiger partial charge in [-0.1, -0.05) is 60.7 Å². The number of benzene rings is 3. The van der Waals surface area contributed by atoms with Gasteiger partial charge in [0.1, 0.15) is 5.75 Å². The van der Waals surface area contributed by atoms with Gasteiger partial charge in [0.15, 0.2) is 0 Å². The SMILES string of the molecule is CC1(C)OCc2cc([C@@H](O)CNCCc3cccc(COCCOCc4ccccc4)c3)ccc2O1. The Kier molecular flexibility index (Phi) is 9.50. The first kappa shape index (κ1) is 26.3. The van der Waals surface area contributed by atoms with E-state index in [-0.39, 0.29) is 0 Å². The van der Waals surface area contributed by atoms with Crippen LogP contribution >= 0.6 is 0 Å². The van der Waals surface area contributed by atoms with Crippen molar-refractivity contribution in [2.45, 2.75) is 52.0 Å². The molecular formula is C30H37NO5. The predicted octanol–water partition coefficient (Wildman–Crippen LogP) is 4.93. The third-order valence-electron chi connectivity index (χ3n) is 6.07. The summed E-state index contributed by atoms with van der Waals surface area (Å²) in [6, 6.07) is 24.4. The summed E-state index contributed by atoms with van der Waals surface area (Å²) in [5, 5.41) is 14.0. The highest BCUT2D eigenvalue weighted by Crippen LogP contribution is 2.32. The van der Waals surface area contributed by atoms with Crippen LogP contribution in [0.25, 0.3) is 0 Å². The minimum absolute atomic E-state index is 0.483. The lowest BCUT2D eigenvalue weighted by Gasteiger charge is -2.33. The Balaban J connectivity index is 1.12. The molecule has 0 bridgehead atoms. The van der Waals surface area contributed by atoms with Crippen molar-refractivity contribution in [2.24, 2.45) is 0 Å². The molecule has 0 unspecified atom stereocenters. The quantitative estimate of drug-likeness (QED) is 0.331. The molecule has 0 fully saturated rings. The Bertz CT molecular complexity index is 1090. The van der Waals surface area contributed by atoms with Crippen LogP contribution in [0, 0.1) is 0 Å². The summed E-state index contributed by atoms with van der Waals surface area (Å²) in [6.45, 7) is 7.85. The molecule has 0 saturated carbocycles. The van der Waals surface area contributed by atoms with Crippen molar-refractivity contribution in [3.05, 3.63) is 101 Å². The number of hydrogen-bond donors (Lipinski definition) is 2. The largest absolute Gasteiger partial charge is 0.463 e. The van der Waals surface area contributed by atoms with Crippen molar-refractivity contribution in [2.75, 3.05) is 26.3 Å². The molecule has 0 spiro atoms. The summed E-state index contributed by atoms with van der Waals surface area (Å²) in [7, 11) is 0. The van der Waals surface area contributed by atoms with Crippen LogP contribution in [0.4, 0.5) is 0 Å². The average Bonchev–Trinajstić information content (AvgIpc) is 2.88. The fourth-order valence-corrected chi connectivity index (χ4v) is 4.10. The zero-order chi connectivity index (χ0) is 25.2. The van der Waals surface area contributed by atoms with Crippen LogP contribution < -0.4 is 10.1 Å². The van der Waals surface area contributed by atoms with Crippen LogP contribution in [-0.4, -0.2) is 37.2 Å². The molecule has 1 aliphatic heterocycles. The molecule has 36 heavy (non-hydrogen) atoms. The Morgan fingerprint density at radius 3 is 2.42 bits per heavy atom. The lowest BCUT2D eigenvalue weighted by atomic mass is 10.0. The molecule has 0 amide bonds. The first-order chi connectivity index (χ1) is 17.5. The van der Waals surface area contributed by atoms with Gasteiger partial charge in [0.05, 0.1) is 39.1 Å². The maximum absolute atomic E-state index is 10.6. The maximum atomic E-state index is 10.6. The smallest absolute Gasteiger partial charge is 0.205 e. The second kappa shape index (κ2) is 13.0. The molecule has 3 aromatic rings. The lowest BCUT2D eigenvalue weighted by molar-refractivity contribution is -0.180. The third kappa shape index (κ3) is 8.15.